The van der Waals surface area contributed by atoms with Crippen LogP contribution in [0.1, 0.15) is 12.5 Å². The number of halogens is 2. The zero-order valence-electron chi connectivity index (χ0n) is 10.3. The summed E-state index contributed by atoms with van der Waals surface area (Å²) < 4.78 is 26.5. The van der Waals surface area contributed by atoms with E-state index < -0.39 is 5.82 Å². The van der Waals surface area contributed by atoms with Gasteiger partial charge in [-0.15, -0.1) is 0 Å². The third-order valence-corrected chi connectivity index (χ3v) is 3.22. The van der Waals surface area contributed by atoms with E-state index in [1.54, 1.807) is 11.8 Å². The van der Waals surface area contributed by atoms with Gasteiger partial charge in [-0.25, -0.2) is 8.78 Å². The molecule has 1 aliphatic rings. The minimum Gasteiger partial charge on any atom is -0.340 e. The largest absolute Gasteiger partial charge is 0.340 e. The van der Waals surface area contributed by atoms with Gasteiger partial charge in [0.2, 0.25) is 5.91 Å². The van der Waals surface area contributed by atoms with Crippen molar-refractivity contribution in [2.45, 2.75) is 13.5 Å². The molecule has 1 aromatic carbocycles. The summed E-state index contributed by atoms with van der Waals surface area (Å²) in [5.41, 5.74) is 0.367. The second-order valence-corrected chi connectivity index (χ2v) is 4.52. The van der Waals surface area contributed by atoms with Gasteiger partial charge in [0.25, 0.3) is 0 Å². The monoisotopic (exact) mass is 254 g/mol. The summed E-state index contributed by atoms with van der Waals surface area (Å²) in [6.45, 7) is 4.60. The van der Waals surface area contributed by atoms with Crippen LogP contribution >= 0.6 is 0 Å². The van der Waals surface area contributed by atoms with E-state index in [1.807, 2.05) is 4.90 Å². The van der Waals surface area contributed by atoms with Crippen molar-refractivity contribution < 1.29 is 13.6 Å². The van der Waals surface area contributed by atoms with Crippen LogP contribution in [0.25, 0.3) is 0 Å². The molecule has 1 fully saturated rings. The lowest BCUT2D eigenvalue weighted by molar-refractivity contribution is -0.130. The minimum absolute atomic E-state index is 0.0617. The van der Waals surface area contributed by atoms with E-state index in [-0.39, 0.29) is 11.7 Å². The zero-order chi connectivity index (χ0) is 13.1. The van der Waals surface area contributed by atoms with Gasteiger partial charge >= 0.3 is 0 Å². The normalized spacial score (nSPS) is 16.9. The number of benzene rings is 1. The lowest BCUT2D eigenvalue weighted by atomic mass is 10.1. The molecule has 3 nitrogen and oxygen atoms in total. The third-order valence-electron chi connectivity index (χ3n) is 3.22. The van der Waals surface area contributed by atoms with Gasteiger partial charge in [0.15, 0.2) is 0 Å². The van der Waals surface area contributed by atoms with E-state index in [0.717, 1.165) is 12.1 Å². The second-order valence-electron chi connectivity index (χ2n) is 4.52. The van der Waals surface area contributed by atoms with Gasteiger partial charge < -0.3 is 4.90 Å². The Morgan fingerprint density at radius 3 is 2.50 bits per heavy atom. The molecule has 5 heteroatoms. The van der Waals surface area contributed by atoms with Crippen molar-refractivity contribution in [1.29, 1.82) is 0 Å². The Balaban J connectivity index is 1.95. The predicted octanol–water partition coefficient (Wildman–Crippen LogP) is 1.63. The van der Waals surface area contributed by atoms with Gasteiger partial charge in [-0.1, -0.05) is 0 Å². The first-order chi connectivity index (χ1) is 8.56. The van der Waals surface area contributed by atoms with Crippen LogP contribution < -0.4 is 0 Å². The van der Waals surface area contributed by atoms with Gasteiger partial charge in [0.05, 0.1) is 0 Å². The van der Waals surface area contributed by atoms with Crippen LogP contribution in [0.15, 0.2) is 18.2 Å². The highest BCUT2D eigenvalue weighted by Gasteiger charge is 2.19. The van der Waals surface area contributed by atoms with Crippen LogP contribution in [0.4, 0.5) is 8.78 Å². The Bertz CT molecular complexity index is 443. The maximum atomic E-state index is 13.5. The molecular formula is C13H16F2N2O. The molecule has 98 valence electrons. The molecule has 1 saturated heterocycles. The van der Waals surface area contributed by atoms with Crippen LogP contribution in [0.2, 0.25) is 0 Å². The number of nitrogens with zero attached hydrogens (tertiary/aromatic N) is 2. The fourth-order valence-corrected chi connectivity index (χ4v) is 2.13. The van der Waals surface area contributed by atoms with Crippen LogP contribution in [-0.4, -0.2) is 41.9 Å². The number of carbonyl (C=O) groups is 1. The summed E-state index contributed by atoms with van der Waals surface area (Å²) in [7, 11) is 0. The van der Waals surface area contributed by atoms with Crippen LogP contribution in [0, 0.1) is 11.6 Å². The SMILES string of the molecule is CC(=O)N1CCN(Cc2cc(F)ccc2F)CC1. The molecule has 1 aliphatic heterocycles. The Kier molecular flexibility index (Phi) is 3.91. The second kappa shape index (κ2) is 5.44. The topological polar surface area (TPSA) is 23.6 Å². The summed E-state index contributed by atoms with van der Waals surface area (Å²) in [6.07, 6.45) is 0. The smallest absolute Gasteiger partial charge is 0.219 e. The van der Waals surface area contributed by atoms with E-state index in [4.69, 9.17) is 0 Å². The highest BCUT2D eigenvalue weighted by molar-refractivity contribution is 5.73. The van der Waals surface area contributed by atoms with Crippen LogP contribution in [0.5, 0.6) is 0 Å². The average molecular weight is 254 g/mol. The first-order valence-electron chi connectivity index (χ1n) is 5.98. The van der Waals surface area contributed by atoms with Gasteiger partial charge in [0, 0.05) is 45.2 Å². The quantitative estimate of drug-likeness (QED) is 0.801. The van der Waals surface area contributed by atoms with Crippen LogP contribution in [0.3, 0.4) is 0 Å². The molecule has 2 rings (SSSR count). The third kappa shape index (κ3) is 3.04. The molecule has 0 unspecified atom stereocenters. The van der Waals surface area contributed by atoms with Crippen molar-refractivity contribution in [3.8, 4) is 0 Å². The Labute approximate surface area is 105 Å². The molecule has 0 saturated carbocycles. The lowest BCUT2D eigenvalue weighted by Gasteiger charge is -2.34. The van der Waals surface area contributed by atoms with E-state index in [9.17, 15) is 13.6 Å². The van der Waals surface area contributed by atoms with Crippen molar-refractivity contribution in [3.63, 3.8) is 0 Å². The first-order valence-corrected chi connectivity index (χ1v) is 5.98. The molecule has 1 amide bonds. The number of piperazine rings is 1. The molecule has 0 N–H and O–H groups in total. The zero-order valence-corrected chi connectivity index (χ0v) is 10.3. The summed E-state index contributed by atoms with van der Waals surface area (Å²) in [6, 6.07) is 3.50. The molecule has 1 aromatic rings. The van der Waals surface area contributed by atoms with Gasteiger partial charge in [-0.3, -0.25) is 9.69 Å². The molecule has 0 atom stereocenters. The fourth-order valence-electron chi connectivity index (χ4n) is 2.13. The average Bonchev–Trinajstić information content (AvgIpc) is 2.34. The summed E-state index contributed by atoms with van der Waals surface area (Å²) in [5.74, 6) is -0.745. The number of amides is 1. The van der Waals surface area contributed by atoms with Crippen LogP contribution in [-0.2, 0) is 11.3 Å². The number of carbonyl (C=O) groups excluding carboxylic acids is 1. The molecule has 1 heterocycles. The van der Waals surface area contributed by atoms with E-state index in [2.05, 4.69) is 0 Å². The highest BCUT2D eigenvalue weighted by atomic mass is 19.1. The molecule has 0 spiro atoms. The molecule has 0 radical (unpaired) electrons. The van der Waals surface area contributed by atoms with E-state index in [1.165, 1.54) is 6.07 Å². The Hall–Kier alpha value is -1.49. The Morgan fingerprint density at radius 2 is 1.89 bits per heavy atom. The summed E-state index contributed by atoms with van der Waals surface area (Å²) in [4.78, 5) is 14.9. The molecule has 0 aromatic heterocycles. The highest BCUT2D eigenvalue weighted by Crippen LogP contribution is 2.14. The van der Waals surface area contributed by atoms with Crippen molar-refractivity contribution in [3.05, 3.63) is 35.4 Å². The number of hydrogen-bond acceptors (Lipinski definition) is 2. The molecule has 18 heavy (non-hydrogen) atoms. The minimum atomic E-state index is -0.422. The molecule has 0 bridgehead atoms. The van der Waals surface area contributed by atoms with Crippen molar-refractivity contribution in [1.82, 2.24) is 9.80 Å². The first kappa shape index (κ1) is 13.0. The molecular weight excluding hydrogens is 238 g/mol. The number of rotatable bonds is 2. The number of hydrogen-bond donors (Lipinski definition) is 0. The summed E-state index contributed by atoms with van der Waals surface area (Å²) in [5, 5.41) is 0. The van der Waals surface area contributed by atoms with E-state index >= 15 is 0 Å². The van der Waals surface area contributed by atoms with Gasteiger partial charge in [0.1, 0.15) is 11.6 Å². The molecule has 0 aliphatic carbocycles. The van der Waals surface area contributed by atoms with Gasteiger partial charge in [-0.2, -0.15) is 0 Å². The van der Waals surface area contributed by atoms with Gasteiger partial charge in [-0.05, 0) is 18.2 Å². The summed E-state index contributed by atoms with van der Waals surface area (Å²) >= 11 is 0. The van der Waals surface area contributed by atoms with Crippen molar-refractivity contribution in [2.24, 2.45) is 0 Å². The predicted molar refractivity (Wildman–Crippen MR) is 63.9 cm³/mol. The maximum Gasteiger partial charge on any atom is 0.219 e. The van der Waals surface area contributed by atoms with Crippen molar-refractivity contribution in [2.75, 3.05) is 26.2 Å². The Morgan fingerprint density at radius 1 is 1.22 bits per heavy atom. The van der Waals surface area contributed by atoms with E-state index in [0.29, 0.717) is 38.3 Å². The standard InChI is InChI=1S/C13H16F2N2O/c1-10(18)17-6-4-16(5-7-17)9-11-8-12(14)2-3-13(11)15/h2-3,8H,4-7,9H2,1H3. The fraction of sp³-hybridized carbons (Fsp3) is 0.462. The maximum absolute atomic E-state index is 13.5. The van der Waals surface area contributed by atoms with Crippen molar-refractivity contribution >= 4 is 5.91 Å². The lowest BCUT2D eigenvalue weighted by Crippen LogP contribution is -2.47.